The van der Waals surface area contributed by atoms with Gasteiger partial charge in [-0.15, -0.1) is 0 Å². The minimum absolute atomic E-state index is 0.00827. The fourth-order valence-corrected chi connectivity index (χ4v) is 1.04. The van der Waals surface area contributed by atoms with Crippen molar-refractivity contribution in [1.82, 2.24) is 0 Å². The number of rotatable bonds is 4. The lowest BCUT2D eigenvalue weighted by atomic mass is 10.1. The molecule has 2 N–H and O–H groups in total. The van der Waals surface area contributed by atoms with Gasteiger partial charge in [0.1, 0.15) is 6.61 Å². The Hall–Kier alpha value is -1.19. The highest BCUT2D eigenvalue weighted by Crippen LogP contribution is 2.04. The summed E-state index contributed by atoms with van der Waals surface area (Å²) in [7, 11) is 1.51. The lowest BCUT2D eigenvalue weighted by Crippen LogP contribution is -2.07. The van der Waals surface area contributed by atoms with E-state index >= 15 is 0 Å². The summed E-state index contributed by atoms with van der Waals surface area (Å²) in [4.78, 5) is 11.3. The smallest absolute Gasteiger partial charge is 0.188 e. The minimum Gasteiger partial charge on any atom is -0.377 e. The number of benzene rings is 1. The highest BCUT2D eigenvalue weighted by atomic mass is 16.5. The van der Waals surface area contributed by atoms with Crippen molar-refractivity contribution in [3.05, 3.63) is 35.4 Å². The van der Waals surface area contributed by atoms with E-state index in [1.165, 1.54) is 7.11 Å². The number of Topliss-reactive ketones (excluding diaryl/α,β-unsaturated/α-hetero) is 1. The normalized spacial score (nSPS) is 10.0. The monoisotopic (exact) mass is 179 g/mol. The summed E-state index contributed by atoms with van der Waals surface area (Å²) in [6.07, 6.45) is 0. The second-order valence-corrected chi connectivity index (χ2v) is 2.76. The lowest BCUT2D eigenvalue weighted by Gasteiger charge is -2.00. The Bertz CT molecular complexity index is 279. The predicted molar refractivity (Wildman–Crippen MR) is 50.5 cm³/mol. The van der Waals surface area contributed by atoms with Crippen LogP contribution in [-0.2, 0) is 11.3 Å². The molecular formula is C10H13NO2. The van der Waals surface area contributed by atoms with Gasteiger partial charge in [-0.05, 0) is 5.56 Å². The highest BCUT2D eigenvalue weighted by molar-refractivity contribution is 5.97. The van der Waals surface area contributed by atoms with Crippen LogP contribution in [-0.4, -0.2) is 19.5 Å². The van der Waals surface area contributed by atoms with Crippen molar-refractivity contribution in [2.45, 2.75) is 6.54 Å². The zero-order valence-corrected chi connectivity index (χ0v) is 7.62. The number of carbonyl (C=O) groups excluding carboxylic acids is 1. The number of hydrogen-bond acceptors (Lipinski definition) is 3. The molecule has 0 saturated heterocycles. The largest absolute Gasteiger partial charge is 0.377 e. The molecule has 1 aromatic carbocycles. The quantitative estimate of drug-likeness (QED) is 0.701. The van der Waals surface area contributed by atoms with Gasteiger partial charge in [-0.1, -0.05) is 24.3 Å². The number of hydrogen-bond donors (Lipinski definition) is 1. The molecule has 0 aliphatic carbocycles. The highest BCUT2D eigenvalue weighted by Gasteiger charge is 2.03. The van der Waals surface area contributed by atoms with Crippen molar-refractivity contribution < 1.29 is 9.53 Å². The first kappa shape index (κ1) is 9.89. The van der Waals surface area contributed by atoms with E-state index in [9.17, 15) is 4.79 Å². The molecule has 0 bridgehead atoms. The Kier molecular flexibility index (Phi) is 3.61. The standard InChI is InChI=1S/C10H13NO2/c1-13-7-10(12)9-4-2-8(6-11)3-5-9/h2-5H,6-7,11H2,1H3. The van der Waals surface area contributed by atoms with Crippen LogP contribution in [0.4, 0.5) is 0 Å². The molecule has 0 atom stereocenters. The fraction of sp³-hybridized carbons (Fsp3) is 0.300. The van der Waals surface area contributed by atoms with Crippen molar-refractivity contribution in [2.24, 2.45) is 5.73 Å². The summed E-state index contributed by atoms with van der Waals surface area (Å²) in [6, 6.07) is 7.24. The van der Waals surface area contributed by atoms with Crippen LogP contribution in [0.25, 0.3) is 0 Å². The third kappa shape index (κ3) is 2.65. The van der Waals surface area contributed by atoms with Crippen LogP contribution in [0.2, 0.25) is 0 Å². The van der Waals surface area contributed by atoms with Crippen molar-refractivity contribution in [1.29, 1.82) is 0 Å². The van der Waals surface area contributed by atoms with Crippen molar-refractivity contribution >= 4 is 5.78 Å². The van der Waals surface area contributed by atoms with Gasteiger partial charge in [-0.25, -0.2) is 0 Å². The van der Waals surface area contributed by atoms with Gasteiger partial charge >= 0.3 is 0 Å². The first-order valence-corrected chi connectivity index (χ1v) is 4.09. The Balaban J connectivity index is 2.74. The van der Waals surface area contributed by atoms with Gasteiger partial charge in [0.15, 0.2) is 5.78 Å². The molecule has 0 unspecified atom stereocenters. The first-order valence-electron chi connectivity index (χ1n) is 4.09. The predicted octanol–water partition coefficient (Wildman–Crippen LogP) is 0.974. The molecule has 0 aromatic heterocycles. The summed E-state index contributed by atoms with van der Waals surface area (Å²) in [5.41, 5.74) is 7.11. The molecule has 0 heterocycles. The summed E-state index contributed by atoms with van der Waals surface area (Å²) >= 11 is 0. The SMILES string of the molecule is COCC(=O)c1ccc(CN)cc1. The second-order valence-electron chi connectivity index (χ2n) is 2.76. The maximum Gasteiger partial charge on any atom is 0.188 e. The number of methoxy groups -OCH3 is 1. The van der Waals surface area contributed by atoms with Gasteiger partial charge in [0, 0.05) is 19.2 Å². The average Bonchev–Trinajstić information content (AvgIpc) is 2.18. The fourth-order valence-electron chi connectivity index (χ4n) is 1.04. The number of ketones is 1. The Morgan fingerprint density at radius 1 is 1.38 bits per heavy atom. The number of ether oxygens (including phenoxy) is 1. The van der Waals surface area contributed by atoms with Gasteiger partial charge in [0.2, 0.25) is 0 Å². The van der Waals surface area contributed by atoms with Gasteiger partial charge in [0.25, 0.3) is 0 Å². The molecule has 1 rings (SSSR count). The van der Waals surface area contributed by atoms with E-state index in [2.05, 4.69) is 0 Å². The molecular weight excluding hydrogens is 166 g/mol. The molecule has 1 aromatic rings. The van der Waals surface area contributed by atoms with E-state index in [1.54, 1.807) is 12.1 Å². The third-order valence-corrected chi connectivity index (χ3v) is 1.79. The average molecular weight is 179 g/mol. The first-order chi connectivity index (χ1) is 6.27. The van der Waals surface area contributed by atoms with Gasteiger partial charge in [0.05, 0.1) is 0 Å². The minimum atomic E-state index is -0.00827. The molecule has 13 heavy (non-hydrogen) atoms. The molecule has 3 heteroatoms. The van der Waals surface area contributed by atoms with Crippen LogP contribution in [0.3, 0.4) is 0 Å². The Labute approximate surface area is 77.5 Å². The summed E-state index contributed by atoms with van der Waals surface area (Å²) in [6.45, 7) is 0.626. The van der Waals surface area contributed by atoms with Gasteiger partial charge in [-0.2, -0.15) is 0 Å². The van der Waals surface area contributed by atoms with E-state index in [1.807, 2.05) is 12.1 Å². The molecule has 0 saturated carbocycles. The molecule has 70 valence electrons. The van der Waals surface area contributed by atoms with Gasteiger partial charge in [-0.3, -0.25) is 4.79 Å². The zero-order chi connectivity index (χ0) is 9.68. The van der Waals surface area contributed by atoms with Crippen LogP contribution >= 0.6 is 0 Å². The molecule has 0 radical (unpaired) electrons. The molecule has 0 amide bonds. The van der Waals surface area contributed by atoms with Crippen LogP contribution in [0.15, 0.2) is 24.3 Å². The van der Waals surface area contributed by atoms with Crippen LogP contribution in [0, 0.1) is 0 Å². The van der Waals surface area contributed by atoms with E-state index in [0.717, 1.165) is 5.56 Å². The second kappa shape index (κ2) is 4.74. The number of nitrogens with two attached hydrogens (primary N) is 1. The van der Waals surface area contributed by atoms with Crippen LogP contribution in [0.1, 0.15) is 15.9 Å². The topological polar surface area (TPSA) is 52.3 Å². The van der Waals surface area contributed by atoms with Crippen LogP contribution < -0.4 is 5.73 Å². The lowest BCUT2D eigenvalue weighted by molar-refractivity contribution is 0.0848. The molecule has 0 aliphatic heterocycles. The summed E-state index contributed by atoms with van der Waals surface area (Å²) in [5, 5.41) is 0. The van der Waals surface area contributed by atoms with E-state index < -0.39 is 0 Å². The molecule has 0 spiro atoms. The Morgan fingerprint density at radius 2 is 2.00 bits per heavy atom. The van der Waals surface area contributed by atoms with Crippen molar-refractivity contribution in [3.8, 4) is 0 Å². The third-order valence-electron chi connectivity index (χ3n) is 1.79. The van der Waals surface area contributed by atoms with E-state index in [-0.39, 0.29) is 12.4 Å². The molecule has 0 aliphatic rings. The maximum atomic E-state index is 11.3. The molecule has 3 nitrogen and oxygen atoms in total. The van der Waals surface area contributed by atoms with E-state index in [4.69, 9.17) is 10.5 Å². The Morgan fingerprint density at radius 3 is 2.46 bits per heavy atom. The zero-order valence-electron chi connectivity index (χ0n) is 7.62. The summed E-state index contributed by atoms with van der Waals surface area (Å²) in [5.74, 6) is -0.00827. The van der Waals surface area contributed by atoms with Crippen molar-refractivity contribution in [3.63, 3.8) is 0 Å². The summed E-state index contributed by atoms with van der Waals surface area (Å²) < 4.78 is 4.74. The molecule has 0 fully saturated rings. The number of carbonyl (C=O) groups is 1. The van der Waals surface area contributed by atoms with Crippen LogP contribution in [0.5, 0.6) is 0 Å². The van der Waals surface area contributed by atoms with Crippen molar-refractivity contribution in [2.75, 3.05) is 13.7 Å². The maximum absolute atomic E-state index is 11.3. The van der Waals surface area contributed by atoms with Gasteiger partial charge < -0.3 is 10.5 Å². The van der Waals surface area contributed by atoms with E-state index in [0.29, 0.717) is 12.1 Å².